The van der Waals surface area contributed by atoms with Crippen LogP contribution in [-0.2, 0) is 0 Å². The maximum atomic E-state index is 12.3. The molecule has 2 heterocycles. The van der Waals surface area contributed by atoms with Gasteiger partial charge in [0.1, 0.15) is 10.7 Å². The van der Waals surface area contributed by atoms with Gasteiger partial charge in [0.2, 0.25) is 0 Å². The number of pyridine rings is 1. The Bertz CT molecular complexity index is 613. The summed E-state index contributed by atoms with van der Waals surface area (Å²) in [5.74, 6) is 0.0586. The van der Waals surface area contributed by atoms with Gasteiger partial charge in [-0.25, -0.2) is 4.98 Å². The zero-order valence-corrected chi connectivity index (χ0v) is 13.1. The quantitative estimate of drug-likeness (QED) is 0.883. The van der Waals surface area contributed by atoms with Crippen LogP contribution in [-0.4, -0.2) is 29.5 Å². The summed E-state index contributed by atoms with van der Waals surface area (Å²) in [6, 6.07) is 3.62. The molecular formula is C14H19N5OS. The fourth-order valence-electron chi connectivity index (χ4n) is 1.76. The van der Waals surface area contributed by atoms with Gasteiger partial charge in [-0.2, -0.15) is 0 Å². The van der Waals surface area contributed by atoms with Crippen LogP contribution in [0.4, 0.5) is 10.9 Å². The van der Waals surface area contributed by atoms with E-state index in [2.05, 4.69) is 15.3 Å². The minimum Gasteiger partial charge on any atom is -0.382 e. The molecule has 6 nitrogen and oxygen atoms in total. The van der Waals surface area contributed by atoms with Crippen molar-refractivity contribution in [3.63, 3.8) is 0 Å². The SMILES string of the molecule is CCN(C)c1nc(N)c(C(=O)NC(C)c2cccnc2)s1. The van der Waals surface area contributed by atoms with E-state index in [9.17, 15) is 4.79 Å². The first-order valence-corrected chi connectivity index (χ1v) is 7.52. The number of hydrogen-bond donors (Lipinski definition) is 2. The minimum atomic E-state index is -0.211. The number of carbonyl (C=O) groups is 1. The summed E-state index contributed by atoms with van der Waals surface area (Å²) in [6.45, 7) is 4.73. The molecule has 0 aliphatic carbocycles. The average molecular weight is 305 g/mol. The summed E-state index contributed by atoms with van der Waals surface area (Å²) in [6.07, 6.45) is 3.43. The third kappa shape index (κ3) is 3.49. The van der Waals surface area contributed by atoms with E-state index in [-0.39, 0.29) is 17.8 Å². The smallest absolute Gasteiger partial charge is 0.265 e. The lowest BCUT2D eigenvalue weighted by Crippen LogP contribution is -2.26. The highest BCUT2D eigenvalue weighted by Crippen LogP contribution is 2.27. The van der Waals surface area contributed by atoms with Crippen molar-refractivity contribution < 1.29 is 4.79 Å². The van der Waals surface area contributed by atoms with E-state index in [0.717, 1.165) is 17.2 Å². The van der Waals surface area contributed by atoms with Gasteiger partial charge in [-0.3, -0.25) is 9.78 Å². The Hall–Kier alpha value is -2.15. The van der Waals surface area contributed by atoms with Gasteiger partial charge in [0.15, 0.2) is 5.13 Å². The molecule has 1 amide bonds. The fraction of sp³-hybridized carbons (Fsp3) is 0.357. The number of thiazole rings is 1. The van der Waals surface area contributed by atoms with Crippen molar-refractivity contribution in [3.8, 4) is 0 Å². The molecule has 0 saturated heterocycles. The second-order valence-electron chi connectivity index (χ2n) is 4.71. The molecule has 21 heavy (non-hydrogen) atoms. The van der Waals surface area contributed by atoms with Gasteiger partial charge in [0, 0.05) is 26.0 Å². The van der Waals surface area contributed by atoms with Crippen LogP contribution in [0.15, 0.2) is 24.5 Å². The van der Waals surface area contributed by atoms with Crippen LogP contribution in [0.1, 0.15) is 35.1 Å². The molecule has 0 spiro atoms. The van der Waals surface area contributed by atoms with Crippen molar-refractivity contribution in [1.29, 1.82) is 0 Å². The Morgan fingerprint density at radius 2 is 2.33 bits per heavy atom. The Morgan fingerprint density at radius 1 is 1.57 bits per heavy atom. The molecule has 0 bridgehead atoms. The van der Waals surface area contributed by atoms with Gasteiger partial charge >= 0.3 is 0 Å². The van der Waals surface area contributed by atoms with Crippen LogP contribution in [0, 0.1) is 0 Å². The standard InChI is InChI=1S/C14H19N5OS/c1-4-19(3)14-18-12(15)11(21-14)13(20)17-9(2)10-6-5-7-16-8-10/h5-9H,4,15H2,1-3H3,(H,17,20). The number of aromatic nitrogens is 2. The molecule has 2 aromatic rings. The lowest BCUT2D eigenvalue weighted by molar-refractivity contribution is 0.0944. The summed E-state index contributed by atoms with van der Waals surface area (Å²) in [7, 11) is 1.91. The Morgan fingerprint density at radius 3 is 2.95 bits per heavy atom. The highest BCUT2D eigenvalue weighted by atomic mass is 32.1. The van der Waals surface area contributed by atoms with E-state index in [4.69, 9.17) is 5.73 Å². The highest BCUT2D eigenvalue weighted by molar-refractivity contribution is 7.18. The lowest BCUT2D eigenvalue weighted by atomic mass is 10.1. The average Bonchev–Trinajstić information content (AvgIpc) is 2.89. The normalized spacial score (nSPS) is 12.0. The molecule has 3 N–H and O–H groups in total. The summed E-state index contributed by atoms with van der Waals surface area (Å²) >= 11 is 1.30. The number of nitrogens with one attached hydrogen (secondary N) is 1. The molecule has 2 rings (SSSR count). The molecule has 1 unspecified atom stereocenters. The molecule has 0 aromatic carbocycles. The minimum absolute atomic E-state index is 0.139. The second kappa shape index (κ2) is 6.53. The predicted octanol–water partition coefficient (Wildman–Crippen LogP) is 2.07. The number of rotatable bonds is 5. The molecule has 7 heteroatoms. The molecule has 2 aromatic heterocycles. The van der Waals surface area contributed by atoms with Gasteiger partial charge < -0.3 is 16.0 Å². The topological polar surface area (TPSA) is 84.1 Å². The van der Waals surface area contributed by atoms with E-state index in [1.54, 1.807) is 12.4 Å². The van der Waals surface area contributed by atoms with Crippen molar-refractivity contribution in [2.45, 2.75) is 19.9 Å². The highest BCUT2D eigenvalue weighted by Gasteiger charge is 2.19. The summed E-state index contributed by atoms with van der Waals surface area (Å²) in [4.78, 5) is 23.0. The van der Waals surface area contributed by atoms with Crippen LogP contribution in [0.25, 0.3) is 0 Å². The number of carbonyl (C=O) groups excluding carboxylic acids is 1. The molecule has 0 aliphatic rings. The van der Waals surface area contributed by atoms with Crippen LogP contribution in [0.3, 0.4) is 0 Å². The Kier molecular flexibility index (Phi) is 4.74. The van der Waals surface area contributed by atoms with Crippen molar-refractivity contribution >= 4 is 28.2 Å². The Balaban J connectivity index is 2.12. The number of nitrogen functional groups attached to an aromatic ring is 1. The molecular weight excluding hydrogens is 286 g/mol. The zero-order chi connectivity index (χ0) is 15.4. The predicted molar refractivity (Wildman–Crippen MR) is 85.6 cm³/mol. The lowest BCUT2D eigenvalue weighted by Gasteiger charge is -2.13. The van der Waals surface area contributed by atoms with Crippen LogP contribution in [0.2, 0.25) is 0 Å². The van der Waals surface area contributed by atoms with Gasteiger partial charge in [0.05, 0.1) is 6.04 Å². The van der Waals surface area contributed by atoms with E-state index in [1.807, 2.05) is 37.9 Å². The van der Waals surface area contributed by atoms with Gasteiger partial charge in [-0.05, 0) is 25.5 Å². The second-order valence-corrected chi connectivity index (χ2v) is 5.68. The third-order valence-corrected chi connectivity index (χ3v) is 4.37. The van der Waals surface area contributed by atoms with Gasteiger partial charge in [-0.1, -0.05) is 17.4 Å². The molecule has 1 atom stereocenters. The third-order valence-electron chi connectivity index (χ3n) is 3.18. The number of hydrogen-bond acceptors (Lipinski definition) is 6. The molecule has 0 saturated carbocycles. The molecule has 0 fully saturated rings. The maximum absolute atomic E-state index is 12.3. The first-order valence-electron chi connectivity index (χ1n) is 6.71. The molecule has 0 aliphatic heterocycles. The van der Waals surface area contributed by atoms with E-state index >= 15 is 0 Å². The van der Waals surface area contributed by atoms with E-state index in [0.29, 0.717) is 4.88 Å². The van der Waals surface area contributed by atoms with Crippen LogP contribution >= 0.6 is 11.3 Å². The number of nitrogens with zero attached hydrogens (tertiary/aromatic N) is 3. The van der Waals surface area contributed by atoms with Crippen molar-refractivity contribution in [1.82, 2.24) is 15.3 Å². The fourth-order valence-corrected chi connectivity index (χ4v) is 2.67. The monoisotopic (exact) mass is 305 g/mol. The van der Waals surface area contributed by atoms with Crippen molar-refractivity contribution in [2.24, 2.45) is 0 Å². The van der Waals surface area contributed by atoms with Crippen LogP contribution in [0.5, 0.6) is 0 Å². The number of anilines is 2. The first kappa shape index (κ1) is 15.2. The number of amides is 1. The zero-order valence-electron chi connectivity index (χ0n) is 12.3. The summed E-state index contributed by atoms with van der Waals surface area (Å²) in [5.41, 5.74) is 6.79. The van der Waals surface area contributed by atoms with Crippen molar-refractivity contribution in [3.05, 3.63) is 35.0 Å². The molecule has 112 valence electrons. The largest absolute Gasteiger partial charge is 0.382 e. The van der Waals surface area contributed by atoms with E-state index < -0.39 is 0 Å². The summed E-state index contributed by atoms with van der Waals surface area (Å²) < 4.78 is 0. The molecule has 0 radical (unpaired) electrons. The first-order chi connectivity index (χ1) is 10.0. The Labute approximate surface area is 128 Å². The summed E-state index contributed by atoms with van der Waals surface area (Å²) in [5, 5.41) is 3.66. The van der Waals surface area contributed by atoms with Gasteiger partial charge in [0.25, 0.3) is 5.91 Å². The number of nitrogens with two attached hydrogens (primary N) is 1. The van der Waals surface area contributed by atoms with Gasteiger partial charge in [-0.15, -0.1) is 0 Å². The van der Waals surface area contributed by atoms with Crippen molar-refractivity contribution in [2.75, 3.05) is 24.2 Å². The van der Waals surface area contributed by atoms with Crippen LogP contribution < -0.4 is 16.0 Å². The van der Waals surface area contributed by atoms with E-state index in [1.165, 1.54) is 11.3 Å². The maximum Gasteiger partial charge on any atom is 0.265 e.